The van der Waals surface area contributed by atoms with Crippen LogP contribution < -0.4 is 5.73 Å². The lowest BCUT2D eigenvalue weighted by molar-refractivity contribution is -0.0508. The van der Waals surface area contributed by atoms with Crippen LogP contribution in [0.4, 0.5) is 5.69 Å². The van der Waals surface area contributed by atoms with Crippen molar-refractivity contribution in [3.63, 3.8) is 0 Å². The molecule has 1 saturated heterocycles. The fraction of sp³-hybridized carbons (Fsp3) is 0.357. The first-order valence-electron chi connectivity index (χ1n) is 6.58. The highest BCUT2D eigenvalue weighted by Gasteiger charge is 2.43. The van der Waals surface area contributed by atoms with Crippen LogP contribution in [-0.2, 0) is 4.74 Å². The van der Waals surface area contributed by atoms with E-state index in [1.807, 2.05) is 0 Å². The minimum absolute atomic E-state index is 0.377. The molecular formula is C14H17N3O4. The molecule has 3 rings (SSSR count). The second-order valence-electron chi connectivity index (χ2n) is 5.02. The van der Waals surface area contributed by atoms with Crippen LogP contribution in [0.1, 0.15) is 11.8 Å². The van der Waals surface area contributed by atoms with Gasteiger partial charge >= 0.3 is 0 Å². The number of anilines is 1. The standard InChI is InChI=1S/C14H17N3O4/c1-2-7-5-17(13-10(7)8(15)3-4-16-13)14-12(20)11(19)9(6-18)21-14/h2-5,9,11-12,14,18-20H,1,6H2,(H2,15,16)/t9-,11?,12+,14-/m1/s1. The smallest absolute Gasteiger partial charge is 0.164 e. The predicted octanol–water partition coefficient (Wildman–Crippen LogP) is -0.127. The zero-order valence-electron chi connectivity index (χ0n) is 11.3. The lowest BCUT2D eigenvalue weighted by atomic mass is 10.1. The summed E-state index contributed by atoms with van der Waals surface area (Å²) in [6, 6.07) is 1.68. The van der Waals surface area contributed by atoms with Crippen LogP contribution in [-0.4, -0.2) is 49.8 Å². The SMILES string of the molecule is C=Cc1cn([C@@H]2O[C@H](CO)C(O)[C@@H]2O)c2nccc(N)c12. The molecule has 2 aromatic rings. The molecule has 0 radical (unpaired) electrons. The van der Waals surface area contributed by atoms with Crippen LogP contribution in [0.15, 0.2) is 25.0 Å². The number of aliphatic hydroxyl groups excluding tert-OH is 3. The van der Waals surface area contributed by atoms with Gasteiger partial charge in [-0.1, -0.05) is 12.7 Å². The molecule has 0 amide bonds. The zero-order valence-corrected chi connectivity index (χ0v) is 11.3. The maximum atomic E-state index is 10.1. The number of nitrogen functional groups attached to an aromatic ring is 1. The topological polar surface area (TPSA) is 114 Å². The maximum absolute atomic E-state index is 10.1. The van der Waals surface area contributed by atoms with Crippen molar-refractivity contribution in [2.45, 2.75) is 24.5 Å². The van der Waals surface area contributed by atoms with Crippen LogP contribution in [0.2, 0.25) is 0 Å². The molecule has 7 heteroatoms. The third kappa shape index (κ3) is 2.02. The van der Waals surface area contributed by atoms with Crippen LogP contribution in [0.5, 0.6) is 0 Å². The van der Waals surface area contributed by atoms with Gasteiger partial charge in [0.1, 0.15) is 24.0 Å². The summed E-state index contributed by atoms with van der Waals surface area (Å²) in [7, 11) is 0. The largest absolute Gasteiger partial charge is 0.398 e. The summed E-state index contributed by atoms with van der Waals surface area (Å²) in [5.74, 6) is 0. The Kier molecular flexibility index (Phi) is 3.42. The van der Waals surface area contributed by atoms with E-state index in [0.717, 1.165) is 5.56 Å². The number of hydrogen-bond donors (Lipinski definition) is 4. The Hall–Kier alpha value is -1.93. The Morgan fingerprint density at radius 2 is 2.19 bits per heavy atom. The molecule has 1 unspecified atom stereocenters. The van der Waals surface area contributed by atoms with Crippen LogP contribution >= 0.6 is 0 Å². The number of aromatic nitrogens is 2. The van der Waals surface area contributed by atoms with Gasteiger partial charge in [-0.05, 0) is 6.07 Å². The Morgan fingerprint density at radius 1 is 1.43 bits per heavy atom. The van der Waals surface area contributed by atoms with E-state index in [2.05, 4.69) is 11.6 Å². The van der Waals surface area contributed by atoms with Crippen molar-refractivity contribution < 1.29 is 20.1 Å². The Balaban J connectivity index is 2.14. The minimum Gasteiger partial charge on any atom is -0.398 e. The average Bonchev–Trinajstić information content (AvgIpc) is 2.99. The molecule has 7 nitrogen and oxygen atoms in total. The molecule has 0 bridgehead atoms. The molecule has 0 saturated carbocycles. The van der Waals surface area contributed by atoms with Crippen molar-refractivity contribution >= 4 is 22.8 Å². The quantitative estimate of drug-likeness (QED) is 0.626. The third-order valence-corrected chi connectivity index (χ3v) is 3.79. The van der Waals surface area contributed by atoms with E-state index in [0.29, 0.717) is 16.7 Å². The van der Waals surface area contributed by atoms with Crippen molar-refractivity contribution in [2.24, 2.45) is 0 Å². The fourth-order valence-corrected chi connectivity index (χ4v) is 2.69. The van der Waals surface area contributed by atoms with Gasteiger partial charge in [0, 0.05) is 29.0 Å². The third-order valence-electron chi connectivity index (χ3n) is 3.79. The van der Waals surface area contributed by atoms with Crippen LogP contribution in [0, 0.1) is 0 Å². The van der Waals surface area contributed by atoms with Crippen molar-refractivity contribution in [3.05, 3.63) is 30.6 Å². The van der Waals surface area contributed by atoms with Gasteiger partial charge in [0.15, 0.2) is 6.23 Å². The Bertz CT molecular complexity index is 684. The van der Waals surface area contributed by atoms with Gasteiger partial charge in [-0.3, -0.25) is 0 Å². The summed E-state index contributed by atoms with van der Waals surface area (Å²) < 4.78 is 7.13. The van der Waals surface area contributed by atoms with E-state index in [1.54, 1.807) is 29.1 Å². The summed E-state index contributed by atoms with van der Waals surface area (Å²) in [6.45, 7) is 3.36. The molecule has 3 heterocycles. The number of rotatable bonds is 3. The van der Waals surface area contributed by atoms with Gasteiger partial charge in [-0.25, -0.2) is 4.98 Å². The molecule has 0 aromatic carbocycles. The molecule has 1 aliphatic heterocycles. The van der Waals surface area contributed by atoms with Gasteiger partial charge in [-0.15, -0.1) is 0 Å². The monoisotopic (exact) mass is 291 g/mol. The van der Waals surface area contributed by atoms with Gasteiger partial charge < -0.3 is 30.4 Å². The molecular weight excluding hydrogens is 274 g/mol. The summed E-state index contributed by atoms with van der Waals surface area (Å²) in [6.07, 6.45) is 0.893. The lowest BCUT2D eigenvalue weighted by Crippen LogP contribution is -2.33. The van der Waals surface area contributed by atoms with Crippen molar-refractivity contribution in [2.75, 3.05) is 12.3 Å². The molecule has 1 fully saturated rings. The molecule has 0 spiro atoms. The van der Waals surface area contributed by atoms with E-state index in [9.17, 15) is 15.3 Å². The van der Waals surface area contributed by atoms with Gasteiger partial charge in [-0.2, -0.15) is 0 Å². The van der Waals surface area contributed by atoms with E-state index < -0.39 is 24.5 Å². The molecule has 4 atom stereocenters. The van der Waals surface area contributed by atoms with Crippen LogP contribution in [0.3, 0.4) is 0 Å². The van der Waals surface area contributed by atoms with Gasteiger partial charge in [0.05, 0.1) is 6.61 Å². The molecule has 2 aromatic heterocycles. The van der Waals surface area contributed by atoms with Crippen molar-refractivity contribution in [1.29, 1.82) is 0 Å². The number of aliphatic hydroxyl groups is 3. The van der Waals surface area contributed by atoms with E-state index in [-0.39, 0.29) is 6.61 Å². The summed E-state index contributed by atoms with van der Waals surface area (Å²) in [5, 5.41) is 29.9. The van der Waals surface area contributed by atoms with E-state index in [4.69, 9.17) is 10.5 Å². The highest BCUT2D eigenvalue weighted by Crippen LogP contribution is 2.35. The van der Waals surface area contributed by atoms with Gasteiger partial charge in [0.25, 0.3) is 0 Å². The normalized spacial score (nSPS) is 29.1. The highest BCUT2D eigenvalue weighted by molar-refractivity contribution is 5.96. The number of nitrogens with zero attached hydrogens (tertiary/aromatic N) is 2. The Labute approximate surface area is 120 Å². The van der Waals surface area contributed by atoms with Crippen molar-refractivity contribution in [1.82, 2.24) is 9.55 Å². The van der Waals surface area contributed by atoms with E-state index in [1.165, 1.54) is 0 Å². The van der Waals surface area contributed by atoms with E-state index >= 15 is 0 Å². The summed E-state index contributed by atoms with van der Waals surface area (Å²) in [4.78, 5) is 4.27. The van der Waals surface area contributed by atoms with Gasteiger partial charge in [0.2, 0.25) is 0 Å². The second-order valence-corrected chi connectivity index (χ2v) is 5.02. The molecule has 0 aliphatic carbocycles. The molecule has 1 aliphatic rings. The maximum Gasteiger partial charge on any atom is 0.164 e. The predicted molar refractivity (Wildman–Crippen MR) is 77.2 cm³/mol. The van der Waals surface area contributed by atoms with Crippen molar-refractivity contribution in [3.8, 4) is 0 Å². The highest BCUT2D eigenvalue weighted by atomic mass is 16.6. The summed E-state index contributed by atoms with van der Waals surface area (Å²) >= 11 is 0. The number of ether oxygens (including phenoxy) is 1. The lowest BCUT2D eigenvalue weighted by Gasteiger charge is -2.17. The molecule has 21 heavy (non-hydrogen) atoms. The first-order valence-corrected chi connectivity index (χ1v) is 6.58. The number of fused-ring (bicyclic) bond motifs is 1. The first-order chi connectivity index (χ1) is 10.1. The molecule has 112 valence electrons. The summed E-state index contributed by atoms with van der Waals surface area (Å²) in [5.41, 5.74) is 7.79. The Morgan fingerprint density at radius 3 is 2.81 bits per heavy atom. The van der Waals surface area contributed by atoms with Crippen LogP contribution in [0.25, 0.3) is 17.1 Å². The second kappa shape index (κ2) is 5.12. The zero-order chi connectivity index (χ0) is 15.1. The number of pyridine rings is 1. The minimum atomic E-state index is -1.17. The number of nitrogens with two attached hydrogens (primary N) is 1. The first kappa shape index (κ1) is 14.0. The number of hydrogen-bond acceptors (Lipinski definition) is 6. The average molecular weight is 291 g/mol. The fourth-order valence-electron chi connectivity index (χ4n) is 2.69. The molecule has 5 N–H and O–H groups in total.